The molecule has 0 bridgehead atoms. The molecule has 1 saturated heterocycles. The molecule has 1 aromatic rings. The highest BCUT2D eigenvalue weighted by atomic mass is 32.1. The van der Waals surface area contributed by atoms with E-state index in [1.54, 1.807) is 11.3 Å². The molecule has 0 radical (unpaired) electrons. The van der Waals surface area contributed by atoms with Gasteiger partial charge in [0.2, 0.25) is 0 Å². The number of aliphatic hydroxyl groups is 1. The number of thiophene rings is 1. The van der Waals surface area contributed by atoms with Crippen LogP contribution in [0.1, 0.15) is 59.6 Å². The van der Waals surface area contributed by atoms with Gasteiger partial charge in [0.1, 0.15) is 0 Å². The van der Waals surface area contributed by atoms with Crippen molar-refractivity contribution in [3.63, 3.8) is 0 Å². The number of fused-ring (bicyclic) bond motifs is 1. The zero-order valence-corrected chi connectivity index (χ0v) is 13.8. The summed E-state index contributed by atoms with van der Waals surface area (Å²) >= 11 is 1.70. The first-order valence-electron chi connectivity index (χ1n) is 8.12. The lowest BCUT2D eigenvalue weighted by molar-refractivity contribution is -0.00188. The van der Waals surface area contributed by atoms with Gasteiger partial charge in [-0.15, -0.1) is 11.3 Å². The molecule has 3 nitrogen and oxygen atoms in total. The van der Waals surface area contributed by atoms with E-state index < -0.39 is 5.60 Å². The maximum Gasteiger partial charge on any atom is 0.263 e. The van der Waals surface area contributed by atoms with Crippen molar-refractivity contribution in [2.45, 2.75) is 58.0 Å². The van der Waals surface area contributed by atoms with Gasteiger partial charge < -0.3 is 10.0 Å². The summed E-state index contributed by atoms with van der Waals surface area (Å²) in [6, 6.07) is 2.14. The smallest absolute Gasteiger partial charge is 0.263 e. The second kappa shape index (κ2) is 5.73. The van der Waals surface area contributed by atoms with E-state index in [2.05, 4.69) is 13.0 Å². The first-order chi connectivity index (χ1) is 9.98. The van der Waals surface area contributed by atoms with Gasteiger partial charge in [0.15, 0.2) is 0 Å². The van der Waals surface area contributed by atoms with Crippen LogP contribution in [0.5, 0.6) is 0 Å². The second-order valence-corrected chi connectivity index (χ2v) is 8.00. The van der Waals surface area contributed by atoms with Crippen LogP contribution in [-0.4, -0.2) is 34.6 Å². The Bertz CT molecular complexity index is 525. The van der Waals surface area contributed by atoms with Crippen molar-refractivity contribution in [3.8, 4) is 0 Å². The minimum Gasteiger partial charge on any atom is -0.390 e. The minimum atomic E-state index is -0.597. The summed E-state index contributed by atoms with van der Waals surface area (Å²) in [7, 11) is 0. The summed E-state index contributed by atoms with van der Waals surface area (Å²) in [6.07, 6.45) is 6.15. The molecule has 1 aliphatic heterocycles. The lowest BCUT2D eigenvalue weighted by atomic mass is 9.87. The van der Waals surface area contributed by atoms with Gasteiger partial charge in [-0.2, -0.15) is 0 Å². The summed E-state index contributed by atoms with van der Waals surface area (Å²) in [5.41, 5.74) is 0.810. The second-order valence-electron chi connectivity index (χ2n) is 6.87. The molecule has 0 aromatic carbocycles. The summed E-state index contributed by atoms with van der Waals surface area (Å²) in [4.78, 5) is 16.9. The number of likely N-dealkylation sites (tertiary alicyclic amines) is 1. The number of carbonyl (C=O) groups excluding carboxylic acids is 1. The van der Waals surface area contributed by atoms with Crippen LogP contribution in [0.15, 0.2) is 6.07 Å². The zero-order valence-electron chi connectivity index (χ0n) is 13.0. The Hall–Kier alpha value is -0.870. The first-order valence-corrected chi connectivity index (χ1v) is 8.93. The van der Waals surface area contributed by atoms with Crippen molar-refractivity contribution in [3.05, 3.63) is 21.4 Å². The van der Waals surface area contributed by atoms with Crippen molar-refractivity contribution >= 4 is 17.2 Å². The largest absolute Gasteiger partial charge is 0.390 e. The van der Waals surface area contributed by atoms with Crippen LogP contribution >= 0.6 is 11.3 Å². The third-order valence-corrected chi connectivity index (χ3v) is 6.33. The maximum absolute atomic E-state index is 12.6. The van der Waals surface area contributed by atoms with Crippen LogP contribution in [-0.2, 0) is 12.8 Å². The van der Waals surface area contributed by atoms with E-state index in [-0.39, 0.29) is 5.91 Å². The van der Waals surface area contributed by atoms with E-state index in [4.69, 9.17) is 0 Å². The van der Waals surface area contributed by atoms with Crippen LogP contribution in [0.3, 0.4) is 0 Å². The molecule has 2 heterocycles. The third-order valence-electron chi connectivity index (χ3n) is 5.10. The summed E-state index contributed by atoms with van der Waals surface area (Å²) < 4.78 is 0. The number of hydrogen-bond donors (Lipinski definition) is 1. The SMILES string of the molecule is CCC1CCc2sc(C(=O)N3CCC(C)(O)CC3)cc2C1. The Morgan fingerprint density at radius 3 is 2.86 bits per heavy atom. The molecule has 1 atom stereocenters. The van der Waals surface area contributed by atoms with Gasteiger partial charge in [0, 0.05) is 18.0 Å². The van der Waals surface area contributed by atoms with Gasteiger partial charge in [-0.05, 0) is 56.6 Å². The number of carbonyl (C=O) groups is 1. The average Bonchev–Trinajstić information content (AvgIpc) is 2.89. The van der Waals surface area contributed by atoms with Crippen LogP contribution in [0.2, 0.25) is 0 Å². The van der Waals surface area contributed by atoms with E-state index in [1.807, 2.05) is 11.8 Å². The van der Waals surface area contributed by atoms with E-state index in [9.17, 15) is 9.90 Å². The molecule has 4 heteroatoms. The van der Waals surface area contributed by atoms with E-state index in [0.717, 1.165) is 23.6 Å². The third kappa shape index (κ3) is 3.16. The molecule has 3 rings (SSSR count). The van der Waals surface area contributed by atoms with Gasteiger partial charge >= 0.3 is 0 Å². The van der Waals surface area contributed by atoms with Crippen molar-refractivity contribution < 1.29 is 9.90 Å². The number of piperidine rings is 1. The van der Waals surface area contributed by atoms with E-state index in [1.165, 1.54) is 23.3 Å². The van der Waals surface area contributed by atoms with Crippen LogP contribution in [0, 0.1) is 5.92 Å². The van der Waals surface area contributed by atoms with Crippen LogP contribution in [0.4, 0.5) is 0 Å². The molecule has 0 spiro atoms. The lowest BCUT2D eigenvalue weighted by Gasteiger charge is -2.35. The lowest BCUT2D eigenvalue weighted by Crippen LogP contribution is -2.44. The van der Waals surface area contributed by atoms with Crippen molar-refractivity contribution in [2.75, 3.05) is 13.1 Å². The van der Waals surface area contributed by atoms with Gasteiger partial charge in [-0.25, -0.2) is 0 Å². The normalized spacial score (nSPS) is 24.7. The molecule has 2 aliphatic rings. The predicted molar refractivity (Wildman–Crippen MR) is 85.9 cm³/mol. The molecule has 0 saturated carbocycles. The number of hydrogen-bond acceptors (Lipinski definition) is 3. The molecule has 1 fully saturated rings. The Morgan fingerprint density at radius 2 is 2.19 bits per heavy atom. The van der Waals surface area contributed by atoms with Gasteiger partial charge in [-0.1, -0.05) is 13.3 Å². The maximum atomic E-state index is 12.6. The monoisotopic (exact) mass is 307 g/mol. The van der Waals surface area contributed by atoms with E-state index in [0.29, 0.717) is 25.9 Å². The zero-order chi connectivity index (χ0) is 15.0. The number of aryl methyl sites for hydroxylation is 1. The fourth-order valence-electron chi connectivity index (χ4n) is 3.40. The molecule has 1 N–H and O–H groups in total. The van der Waals surface area contributed by atoms with Crippen LogP contribution < -0.4 is 0 Å². The Kier molecular flexibility index (Phi) is 4.10. The fourth-order valence-corrected chi connectivity index (χ4v) is 4.58. The Balaban J connectivity index is 1.70. The quantitative estimate of drug-likeness (QED) is 0.911. The summed E-state index contributed by atoms with van der Waals surface area (Å²) in [5, 5.41) is 10.00. The molecular formula is C17H25NO2S. The highest BCUT2D eigenvalue weighted by Crippen LogP contribution is 2.34. The number of nitrogens with zero attached hydrogens (tertiary/aromatic N) is 1. The highest BCUT2D eigenvalue weighted by molar-refractivity contribution is 7.14. The molecule has 116 valence electrons. The molecule has 1 aromatic heterocycles. The van der Waals surface area contributed by atoms with Gasteiger partial charge in [0.25, 0.3) is 5.91 Å². The highest BCUT2D eigenvalue weighted by Gasteiger charge is 2.31. The standard InChI is InChI=1S/C17H25NO2S/c1-3-12-4-5-14-13(10-12)11-15(21-14)16(19)18-8-6-17(2,20)7-9-18/h11-12,20H,3-10H2,1-2H3. The Morgan fingerprint density at radius 1 is 1.48 bits per heavy atom. The topological polar surface area (TPSA) is 40.5 Å². The molecule has 1 aliphatic carbocycles. The summed E-state index contributed by atoms with van der Waals surface area (Å²) in [6.45, 7) is 5.47. The van der Waals surface area contributed by atoms with Crippen molar-refractivity contribution in [1.82, 2.24) is 4.90 Å². The van der Waals surface area contributed by atoms with E-state index >= 15 is 0 Å². The van der Waals surface area contributed by atoms with Crippen molar-refractivity contribution in [1.29, 1.82) is 0 Å². The fraction of sp³-hybridized carbons (Fsp3) is 0.706. The van der Waals surface area contributed by atoms with Gasteiger partial charge in [-0.3, -0.25) is 4.79 Å². The van der Waals surface area contributed by atoms with Crippen LogP contribution in [0.25, 0.3) is 0 Å². The predicted octanol–water partition coefficient (Wildman–Crippen LogP) is 3.25. The number of rotatable bonds is 2. The first kappa shape index (κ1) is 15.0. The molecule has 1 unspecified atom stereocenters. The molecule has 1 amide bonds. The van der Waals surface area contributed by atoms with Gasteiger partial charge in [0.05, 0.1) is 10.5 Å². The molecular weight excluding hydrogens is 282 g/mol. The number of amides is 1. The minimum absolute atomic E-state index is 0.165. The average molecular weight is 307 g/mol. The van der Waals surface area contributed by atoms with Crippen molar-refractivity contribution in [2.24, 2.45) is 5.92 Å². The molecule has 21 heavy (non-hydrogen) atoms. The summed E-state index contributed by atoms with van der Waals surface area (Å²) in [5.74, 6) is 0.957. The Labute approximate surface area is 131 Å².